The number of Topliss-reactive ketones (excluding diaryl/α,β-unsaturated/α-hetero) is 1. The lowest BCUT2D eigenvalue weighted by atomic mass is 9.84. The number of carbonyl (C=O) groups is 2. The van der Waals surface area contributed by atoms with E-state index in [1.165, 1.54) is 0 Å². The summed E-state index contributed by atoms with van der Waals surface area (Å²) in [5.74, 6) is -1.01. The van der Waals surface area contributed by atoms with Gasteiger partial charge in [0.05, 0.1) is 12.0 Å². The molecule has 1 heterocycles. The maximum atomic E-state index is 11.9. The highest BCUT2D eigenvalue weighted by molar-refractivity contribution is 5.95. The first-order valence-corrected chi connectivity index (χ1v) is 6.36. The van der Waals surface area contributed by atoms with E-state index in [1.54, 1.807) is 6.08 Å². The van der Waals surface area contributed by atoms with Crippen molar-refractivity contribution in [1.29, 1.82) is 0 Å². The Morgan fingerprint density at radius 3 is 2.68 bits per heavy atom. The van der Waals surface area contributed by atoms with E-state index in [-0.39, 0.29) is 17.8 Å². The third-order valence-corrected chi connectivity index (χ3v) is 3.74. The molecule has 4 nitrogen and oxygen atoms in total. The molecule has 2 rings (SSSR count). The predicted octanol–water partition coefficient (Wildman–Crippen LogP) is 1.70. The second kappa shape index (κ2) is 5.13. The number of rotatable bonds is 0. The molecule has 2 aliphatic rings. The van der Waals surface area contributed by atoms with E-state index in [0.717, 1.165) is 5.57 Å². The van der Waals surface area contributed by atoms with Gasteiger partial charge in [0.2, 0.25) is 0 Å². The number of allylic oxidation sites excluding steroid dienone is 1. The molecule has 4 heteroatoms. The summed E-state index contributed by atoms with van der Waals surface area (Å²) in [7, 11) is 0. The Kier molecular flexibility index (Phi) is 3.71. The van der Waals surface area contributed by atoms with Crippen LogP contribution in [0, 0.1) is 5.92 Å². The fourth-order valence-electron chi connectivity index (χ4n) is 2.56. The van der Waals surface area contributed by atoms with Gasteiger partial charge in [0.25, 0.3) is 0 Å². The normalized spacial score (nSPS) is 35.5. The van der Waals surface area contributed by atoms with Crippen molar-refractivity contribution >= 4 is 11.8 Å². The minimum Gasteiger partial charge on any atom is -0.458 e. The molecule has 0 amide bonds. The number of hydrogen-bond acceptors (Lipinski definition) is 4. The molecule has 19 heavy (non-hydrogen) atoms. The maximum Gasteiger partial charge on any atom is 0.334 e. The lowest BCUT2D eigenvalue weighted by Gasteiger charge is -2.23. The summed E-state index contributed by atoms with van der Waals surface area (Å²) in [4.78, 5) is 23.4. The lowest BCUT2D eigenvalue weighted by molar-refractivity contribution is -0.139. The molecule has 0 aromatic rings. The molecule has 0 saturated carbocycles. The first-order chi connectivity index (χ1) is 8.90. The molecule has 1 fully saturated rings. The maximum absolute atomic E-state index is 11.9. The van der Waals surface area contributed by atoms with Gasteiger partial charge in [-0.15, -0.1) is 0 Å². The predicted molar refractivity (Wildman–Crippen MR) is 70.3 cm³/mol. The van der Waals surface area contributed by atoms with Gasteiger partial charge in [0.1, 0.15) is 6.10 Å². The number of aliphatic hydroxyl groups excluding tert-OH is 1. The molecule has 1 saturated heterocycles. The second-order valence-corrected chi connectivity index (χ2v) is 5.23. The molecule has 0 aromatic heterocycles. The van der Waals surface area contributed by atoms with E-state index in [9.17, 15) is 14.7 Å². The summed E-state index contributed by atoms with van der Waals surface area (Å²) in [5.41, 5.74) is 1.63. The topological polar surface area (TPSA) is 63.6 Å². The standard InChI is InChI=1S/C15H18O4/c1-8-4-5-11(16)9(2)7-13-14(12(17)6-8)10(3)15(18)19-13/h6,12-14,17H,2-5,7H2,1H3/b8-6+/t12-,13+,14+/m1/s1. The van der Waals surface area contributed by atoms with E-state index in [1.807, 2.05) is 6.92 Å². The Labute approximate surface area is 112 Å². The van der Waals surface area contributed by atoms with Crippen molar-refractivity contribution in [3.63, 3.8) is 0 Å². The van der Waals surface area contributed by atoms with E-state index in [0.29, 0.717) is 18.4 Å². The summed E-state index contributed by atoms with van der Waals surface area (Å²) in [5, 5.41) is 10.2. The summed E-state index contributed by atoms with van der Waals surface area (Å²) < 4.78 is 5.19. The Morgan fingerprint density at radius 2 is 2.00 bits per heavy atom. The smallest absolute Gasteiger partial charge is 0.334 e. The van der Waals surface area contributed by atoms with Crippen LogP contribution in [0.5, 0.6) is 0 Å². The molecule has 1 aliphatic heterocycles. The number of aliphatic hydroxyl groups is 1. The number of ether oxygens (including phenoxy) is 1. The van der Waals surface area contributed by atoms with Gasteiger partial charge in [-0.1, -0.05) is 24.8 Å². The zero-order chi connectivity index (χ0) is 14.2. The van der Waals surface area contributed by atoms with Crippen molar-refractivity contribution in [2.45, 2.75) is 38.4 Å². The van der Waals surface area contributed by atoms with E-state index in [2.05, 4.69) is 13.2 Å². The minimum atomic E-state index is -0.815. The largest absolute Gasteiger partial charge is 0.458 e. The van der Waals surface area contributed by atoms with Crippen molar-refractivity contribution < 1.29 is 19.4 Å². The molecule has 0 aromatic carbocycles. The molecule has 0 spiro atoms. The van der Waals surface area contributed by atoms with E-state index < -0.39 is 24.1 Å². The summed E-state index contributed by atoms with van der Waals surface area (Å²) >= 11 is 0. The summed E-state index contributed by atoms with van der Waals surface area (Å²) in [6, 6.07) is 0. The Morgan fingerprint density at radius 1 is 1.32 bits per heavy atom. The van der Waals surface area contributed by atoms with Crippen LogP contribution in [-0.4, -0.2) is 29.1 Å². The quantitative estimate of drug-likeness (QED) is 0.410. The summed E-state index contributed by atoms with van der Waals surface area (Å²) in [6.07, 6.45) is 1.55. The molecule has 1 aliphatic carbocycles. The Hall–Kier alpha value is -1.68. The van der Waals surface area contributed by atoms with Gasteiger partial charge < -0.3 is 9.84 Å². The Balaban J connectivity index is 2.35. The van der Waals surface area contributed by atoms with Gasteiger partial charge in [-0.05, 0) is 18.9 Å². The fourth-order valence-corrected chi connectivity index (χ4v) is 2.56. The number of esters is 1. The fraction of sp³-hybridized carbons (Fsp3) is 0.467. The van der Waals surface area contributed by atoms with Crippen LogP contribution in [0.15, 0.2) is 36.0 Å². The first-order valence-electron chi connectivity index (χ1n) is 6.36. The molecule has 0 bridgehead atoms. The minimum absolute atomic E-state index is 0.0172. The van der Waals surface area contributed by atoms with Gasteiger partial charge in [0.15, 0.2) is 5.78 Å². The molecule has 0 radical (unpaired) electrons. The van der Waals surface area contributed by atoms with Crippen LogP contribution in [0.1, 0.15) is 26.2 Å². The van der Waals surface area contributed by atoms with Gasteiger partial charge in [-0.25, -0.2) is 4.79 Å². The molecular weight excluding hydrogens is 244 g/mol. The number of fused-ring (bicyclic) bond motifs is 1. The van der Waals surface area contributed by atoms with Crippen molar-refractivity contribution in [2.75, 3.05) is 0 Å². The number of carbonyl (C=O) groups excluding carboxylic acids is 2. The van der Waals surface area contributed by atoms with Gasteiger partial charge >= 0.3 is 5.97 Å². The Bertz CT molecular complexity index is 486. The van der Waals surface area contributed by atoms with Gasteiger partial charge in [-0.2, -0.15) is 0 Å². The third kappa shape index (κ3) is 2.68. The molecule has 0 unspecified atom stereocenters. The van der Waals surface area contributed by atoms with E-state index >= 15 is 0 Å². The van der Waals surface area contributed by atoms with Crippen LogP contribution in [-0.2, 0) is 14.3 Å². The van der Waals surface area contributed by atoms with Crippen LogP contribution >= 0.6 is 0 Å². The highest BCUT2D eigenvalue weighted by Crippen LogP contribution is 2.35. The molecule has 102 valence electrons. The van der Waals surface area contributed by atoms with E-state index in [4.69, 9.17) is 4.74 Å². The van der Waals surface area contributed by atoms with Crippen LogP contribution in [0.4, 0.5) is 0 Å². The van der Waals surface area contributed by atoms with Crippen LogP contribution in [0.25, 0.3) is 0 Å². The highest BCUT2D eigenvalue weighted by Gasteiger charge is 2.43. The van der Waals surface area contributed by atoms with Crippen LogP contribution in [0.3, 0.4) is 0 Å². The monoisotopic (exact) mass is 262 g/mol. The van der Waals surface area contributed by atoms with Crippen LogP contribution < -0.4 is 0 Å². The lowest BCUT2D eigenvalue weighted by Crippen LogP contribution is -2.29. The highest BCUT2D eigenvalue weighted by atomic mass is 16.6. The first kappa shape index (κ1) is 13.7. The zero-order valence-electron chi connectivity index (χ0n) is 11.0. The summed E-state index contributed by atoms with van der Waals surface area (Å²) in [6.45, 7) is 9.30. The third-order valence-electron chi connectivity index (χ3n) is 3.74. The van der Waals surface area contributed by atoms with Crippen LogP contribution in [0.2, 0.25) is 0 Å². The van der Waals surface area contributed by atoms with Gasteiger partial charge in [0, 0.05) is 18.4 Å². The number of ketones is 1. The molecular formula is C15H18O4. The zero-order valence-corrected chi connectivity index (χ0v) is 11.0. The molecule has 1 N–H and O–H groups in total. The van der Waals surface area contributed by atoms with Crippen molar-refractivity contribution in [2.24, 2.45) is 5.92 Å². The van der Waals surface area contributed by atoms with Crippen molar-refractivity contribution in [3.8, 4) is 0 Å². The average Bonchev–Trinajstić information content (AvgIpc) is 2.60. The van der Waals surface area contributed by atoms with Crippen molar-refractivity contribution in [3.05, 3.63) is 36.0 Å². The second-order valence-electron chi connectivity index (χ2n) is 5.23. The molecule has 3 atom stereocenters. The SMILES string of the molecule is C=C1C[C@@H]2OC(=O)C(=C)[C@H]2[C@H](O)/C=C(\C)CCC1=O. The van der Waals surface area contributed by atoms with Crippen molar-refractivity contribution in [1.82, 2.24) is 0 Å². The average molecular weight is 262 g/mol. The number of hydrogen-bond donors (Lipinski definition) is 1. The van der Waals surface area contributed by atoms with Gasteiger partial charge in [-0.3, -0.25) is 4.79 Å².